The summed E-state index contributed by atoms with van der Waals surface area (Å²) in [4.78, 5) is 23.6. The fraction of sp³-hybridized carbons (Fsp3) is 0.111. The Morgan fingerprint density at radius 1 is 1.09 bits per heavy atom. The Balaban J connectivity index is 2.25. The number of pyridine rings is 1. The van der Waals surface area contributed by atoms with Crippen molar-refractivity contribution in [2.75, 3.05) is 0 Å². The maximum Gasteiger partial charge on any atom is 0.341 e. The minimum atomic E-state index is -1.20. The van der Waals surface area contributed by atoms with Crippen molar-refractivity contribution in [3.63, 3.8) is 0 Å². The number of benzene rings is 2. The molecule has 4 heteroatoms. The van der Waals surface area contributed by atoms with E-state index in [9.17, 15) is 14.7 Å². The first-order valence-electron chi connectivity index (χ1n) is 6.98. The zero-order chi connectivity index (χ0) is 15.7. The molecule has 0 aliphatic heterocycles. The van der Waals surface area contributed by atoms with Crippen LogP contribution in [0, 0.1) is 6.92 Å². The summed E-state index contributed by atoms with van der Waals surface area (Å²) < 4.78 is 1.82. The summed E-state index contributed by atoms with van der Waals surface area (Å²) in [5.41, 5.74) is 2.31. The number of aromatic carboxylic acids is 1. The van der Waals surface area contributed by atoms with Crippen LogP contribution in [0.25, 0.3) is 10.9 Å². The second-order valence-corrected chi connectivity index (χ2v) is 5.25. The molecule has 22 heavy (non-hydrogen) atoms. The summed E-state index contributed by atoms with van der Waals surface area (Å²) in [6.07, 6.45) is 1.43. The monoisotopic (exact) mass is 293 g/mol. The molecule has 3 rings (SSSR count). The molecule has 0 amide bonds. The summed E-state index contributed by atoms with van der Waals surface area (Å²) in [7, 11) is 0. The summed E-state index contributed by atoms with van der Waals surface area (Å²) in [5, 5.41) is 9.68. The average molecular weight is 293 g/mol. The number of carboxylic acid groups (broad SMARTS) is 1. The van der Waals surface area contributed by atoms with Crippen LogP contribution in [0.1, 0.15) is 21.5 Å². The van der Waals surface area contributed by atoms with Crippen molar-refractivity contribution < 1.29 is 9.90 Å². The number of rotatable bonds is 3. The number of fused-ring (bicyclic) bond motifs is 1. The van der Waals surface area contributed by atoms with E-state index >= 15 is 0 Å². The number of aromatic nitrogens is 1. The molecule has 0 atom stereocenters. The SMILES string of the molecule is Cc1ccccc1Cn1cc(C(=O)O)c(=O)c2ccccc21. The maximum absolute atomic E-state index is 12.2. The number of hydrogen-bond donors (Lipinski definition) is 1. The number of para-hydroxylation sites is 1. The second kappa shape index (κ2) is 5.48. The van der Waals surface area contributed by atoms with E-state index in [2.05, 4.69) is 0 Å². The molecule has 1 aromatic heterocycles. The van der Waals surface area contributed by atoms with Crippen LogP contribution < -0.4 is 5.43 Å². The molecule has 0 spiro atoms. The van der Waals surface area contributed by atoms with Gasteiger partial charge in [-0.2, -0.15) is 0 Å². The second-order valence-electron chi connectivity index (χ2n) is 5.25. The summed E-state index contributed by atoms with van der Waals surface area (Å²) in [6, 6.07) is 15.0. The van der Waals surface area contributed by atoms with E-state index in [1.807, 2.05) is 47.9 Å². The normalized spacial score (nSPS) is 10.8. The molecule has 0 fully saturated rings. The van der Waals surface area contributed by atoms with E-state index in [0.29, 0.717) is 11.9 Å². The number of aryl methyl sites for hydroxylation is 1. The van der Waals surface area contributed by atoms with E-state index in [1.54, 1.807) is 12.1 Å². The predicted octanol–water partition coefficient (Wildman–Crippen LogP) is 3.06. The van der Waals surface area contributed by atoms with E-state index in [1.165, 1.54) is 6.20 Å². The van der Waals surface area contributed by atoms with Gasteiger partial charge in [-0.3, -0.25) is 4.79 Å². The Morgan fingerprint density at radius 2 is 1.77 bits per heavy atom. The van der Waals surface area contributed by atoms with Crippen molar-refractivity contribution in [2.24, 2.45) is 0 Å². The molecule has 110 valence electrons. The highest BCUT2D eigenvalue weighted by Crippen LogP contribution is 2.16. The number of nitrogens with zero attached hydrogens (tertiary/aromatic N) is 1. The summed E-state index contributed by atoms with van der Waals surface area (Å²) >= 11 is 0. The summed E-state index contributed by atoms with van der Waals surface area (Å²) in [6.45, 7) is 2.53. The van der Waals surface area contributed by atoms with Crippen LogP contribution in [0.2, 0.25) is 0 Å². The van der Waals surface area contributed by atoms with E-state index < -0.39 is 11.4 Å². The maximum atomic E-state index is 12.2. The average Bonchev–Trinajstić information content (AvgIpc) is 2.52. The Morgan fingerprint density at radius 3 is 2.50 bits per heavy atom. The molecule has 0 radical (unpaired) electrons. The van der Waals surface area contributed by atoms with Gasteiger partial charge in [-0.25, -0.2) is 4.79 Å². The fourth-order valence-electron chi connectivity index (χ4n) is 2.60. The quantitative estimate of drug-likeness (QED) is 0.807. The Bertz CT molecular complexity index is 925. The van der Waals surface area contributed by atoms with Crippen molar-refractivity contribution in [1.82, 2.24) is 4.57 Å². The van der Waals surface area contributed by atoms with Crippen molar-refractivity contribution in [3.05, 3.63) is 81.6 Å². The largest absolute Gasteiger partial charge is 0.477 e. The van der Waals surface area contributed by atoms with Gasteiger partial charge in [0, 0.05) is 18.1 Å². The molecular formula is C18H15NO3. The van der Waals surface area contributed by atoms with Crippen LogP contribution in [-0.4, -0.2) is 15.6 Å². The van der Waals surface area contributed by atoms with Crippen LogP contribution in [0.4, 0.5) is 0 Å². The third kappa shape index (κ3) is 2.39. The van der Waals surface area contributed by atoms with E-state index in [4.69, 9.17) is 0 Å². The molecule has 0 unspecified atom stereocenters. The number of carboxylic acids is 1. The number of carbonyl (C=O) groups is 1. The van der Waals surface area contributed by atoms with Crippen LogP contribution in [-0.2, 0) is 6.54 Å². The molecule has 1 heterocycles. The minimum Gasteiger partial charge on any atom is -0.477 e. The minimum absolute atomic E-state index is 0.202. The molecule has 1 N–H and O–H groups in total. The Labute approximate surface area is 127 Å². The first kappa shape index (κ1) is 14.1. The topological polar surface area (TPSA) is 59.3 Å². The zero-order valence-corrected chi connectivity index (χ0v) is 12.1. The molecule has 0 aliphatic carbocycles. The molecular weight excluding hydrogens is 278 g/mol. The Kier molecular flexibility index (Phi) is 3.51. The van der Waals surface area contributed by atoms with Crippen LogP contribution in [0.15, 0.2) is 59.5 Å². The lowest BCUT2D eigenvalue weighted by Gasteiger charge is -2.13. The predicted molar refractivity (Wildman–Crippen MR) is 85.4 cm³/mol. The smallest absolute Gasteiger partial charge is 0.341 e. The highest BCUT2D eigenvalue weighted by atomic mass is 16.4. The Hall–Kier alpha value is -2.88. The molecule has 0 saturated heterocycles. The third-order valence-corrected chi connectivity index (χ3v) is 3.82. The highest BCUT2D eigenvalue weighted by molar-refractivity contribution is 5.92. The van der Waals surface area contributed by atoms with Gasteiger partial charge in [0.15, 0.2) is 0 Å². The molecule has 0 saturated carbocycles. The molecule has 4 nitrogen and oxygen atoms in total. The molecule has 2 aromatic carbocycles. The fourth-order valence-corrected chi connectivity index (χ4v) is 2.60. The lowest BCUT2D eigenvalue weighted by Crippen LogP contribution is -2.19. The van der Waals surface area contributed by atoms with Crippen LogP contribution >= 0.6 is 0 Å². The lowest BCUT2D eigenvalue weighted by molar-refractivity contribution is 0.0695. The van der Waals surface area contributed by atoms with Gasteiger partial charge < -0.3 is 9.67 Å². The first-order chi connectivity index (χ1) is 10.6. The van der Waals surface area contributed by atoms with Crippen LogP contribution in [0.3, 0.4) is 0 Å². The van der Waals surface area contributed by atoms with Gasteiger partial charge in [0.1, 0.15) is 5.56 Å². The molecule has 0 aliphatic rings. The van der Waals surface area contributed by atoms with Gasteiger partial charge in [-0.1, -0.05) is 36.4 Å². The standard InChI is InChI=1S/C18H15NO3/c1-12-6-2-3-7-13(12)10-19-11-15(18(21)22)17(20)14-8-4-5-9-16(14)19/h2-9,11H,10H2,1H3,(H,21,22). The van der Waals surface area contributed by atoms with Gasteiger partial charge in [-0.05, 0) is 30.2 Å². The van der Waals surface area contributed by atoms with Gasteiger partial charge in [-0.15, -0.1) is 0 Å². The van der Waals surface area contributed by atoms with Gasteiger partial charge >= 0.3 is 5.97 Å². The zero-order valence-electron chi connectivity index (χ0n) is 12.1. The van der Waals surface area contributed by atoms with E-state index in [-0.39, 0.29) is 5.56 Å². The van der Waals surface area contributed by atoms with E-state index in [0.717, 1.165) is 16.6 Å². The van der Waals surface area contributed by atoms with Crippen molar-refractivity contribution in [1.29, 1.82) is 0 Å². The third-order valence-electron chi connectivity index (χ3n) is 3.82. The summed E-state index contributed by atoms with van der Waals surface area (Å²) in [5.74, 6) is -1.20. The van der Waals surface area contributed by atoms with Crippen molar-refractivity contribution in [2.45, 2.75) is 13.5 Å². The molecule has 0 bridgehead atoms. The van der Waals surface area contributed by atoms with Crippen LogP contribution in [0.5, 0.6) is 0 Å². The van der Waals surface area contributed by atoms with Crippen molar-refractivity contribution >= 4 is 16.9 Å². The van der Waals surface area contributed by atoms with Crippen molar-refractivity contribution in [3.8, 4) is 0 Å². The van der Waals surface area contributed by atoms with Gasteiger partial charge in [0.2, 0.25) is 5.43 Å². The van der Waals surface area contributed by atoms with Gasteiger partial charge in [0.05, 0.1) is 5.52 Å². The molecule has 3 aromatic rings. The first-order valence-corrected chi connectivity index (χ1v) is 6.98. The number of hydrogen-bond acceptors (Lipinski definition) is 2. The highest BCUT2D eigenvalue weighted by Gasteiger charge is 2.14. The lowest BCUT2D eigenvalue weighted by atomic mass is 10.1. The van der Waals surface area contributed by atoms with Gasteiger partial charge in [0.25, 0.3) is 0 Å².